The minimum Gasteiger partial charge on any atom is -0.449 e. The molecule has 6 heteroatoms. The van der Waals surface area contributed by atoms with Gasteiger partial charge in [0.15, 0.2) is 11.9 Å². The first-order valence-corrected chi connectivity index (χ1v) is 8.10. The largest absolute Gasteiger partial charge is 0.449 e. The van der Waals surface area contributed by atoms with Crippen LogP contribution < -0.4 is 5.32 Å². The Bertz CT molecular complexity index is 766. The molecule has 1 aliphatic carbocycles. The number of hydrogen-bond donors (Lipinski definition) is 1. The maximum absolute atomic E-state index is 12.3. The van der Waals surface area contributed by atoms with Crippen LogP contribution >= 0.6 is 0 Å². The highest BCUT2D eigenvalue weighted by Gasteiger charge is 2.21. The first-order valence-electron chi connectivity index (χ1n) is 8.10. The molecule has 1 atom stereocenters. The van der Waals surface area contributed by atoms with Gasteiger partial charge in [0, 0.05) is 6.07 Å². The standard InChI is InChI=1S/C18H20N2O4/c1-11-9-16(20-24-11)19-17(21)12(2)23-18(22)15-8-7-13-5-3-4-6-14(13)10-15/h7-10,12H,3-6H2,1-2H3,(H,19,20,21)/t12-/m1/s1. The van der Waals surface area contributed by atoms with Crippen LogP contribution in [0.3, 0.4) is 0 Å². The third-order valence-electron chi connectivity index (χ3n) is 4.12. The van der Waals surface area contributed by atoms with Gasteiger partial charge in [-0.05, 0) is 62.8 Å². The van der Waals surface area contributed by atoms with Crippen LogP contribution in [0.1, 0.15) is 47.0 Å². The number of benzene rings is 1. The molecular formula is C18H20N2O4. The van der Waals surface area contributed by atoms with E-state index in [1.807, 2.05) is 12.1 Å². The quantitative estimate of drug-likeness (QED) is 0.872. The van der Waals surface area contributed by atoms with Crippen molar-refractivity contribution < 1.29 is 18.8 Å². The Morgan fingerprint density at radius 2 is 1.96 bits per heavy atom. The number of carbonyl (C=O) groups is 2. The smallest absolute Gasteiger partial charge is 0.338 e. The summed E-state index contributed by atoms with van der Waals surface area (Å²) in [6, 6.07) is 7.21. The fourth-order valence-corrected chi connectivity index (χ4v) is 2.80. The van der Waals surface area contributed by atoms with Gasteiger partial charge in [0.05, 0.1) is 5.56 Å². The second kappa shape index (κ2) is 6.86. The molecule has 1 aromatic heterocycles. The average molecular weight is 328 g/mol. The first-order chi connectivity index (χ1) is 11.5. The van der Waals surface area contributed by atoms with Gasteiger partial charge in [0.25, 0.3) is 5.91 Å². The summed E-state index contributed by atoms with van der Waals surface area (Å²) in [6.45, 7) is 3.25. The van der Waals surface area contributed by atoms with Crippen molar-refractivity contribution in [3.63, 3.8) is 0 Å². The van der Waals surface area contributed by atoms with E-state index >= 15 is 0 Å². The molecule has 24 heavy (non-hydrogen) atoms. The normalized spacial score (nSPS) is 14.6. The van der Waals surface area contributed by atoms with Crippen molar-refractivity contribution in [3.8, 4) is 0 Å². The number of aryl methyl sites for hydroxylation is 3. The van der Waals surface area contributed by atoms with Crippen LogP contribution in [0.25, 0.3) is 0 Å². The van der Waals surface area contributed by atoms with Crippen molar-refractivity contribution in [3.05, 3.63) is 46.7 Å². The Labute approximate surface area is 140 Å². The van der Waals surface area contributed by atoms with Crippen LogP contribution in [0.2, 0.25) is 0 Å². The van der Waals surface area contributed by atoms with E-state index in [0.717, 1.165) is 19.3 Å². The number of esters is 1. The van der Waals surface area contributed by atoms with Gasteiger partial charge in [0.1, 0.15) is 5.76 Å². The molecule has 0 aliphatic heterocycles. The molecule has 1 N–H and O–H groups in total. The SMILES string of the molecule is Cc1cc(NC(=O)[C@@H](C)OC(=O)c2ccc3c(c2)CCCC3)no1. The van der Waals surface area contributed by atoms with Crippen molar-refractivity contribution in [2.24, 2.45) is 0 Å². The zero-order chi connectivity index (χ0) is 17.1. The number of hydrogen-bond acceptors (Lipinski definition) is 5. The summed E-state index contributed by atoms with van der Waals surface area (Å²) in [7, 11) is 0. The molecule has 1 heterocycles. The summed E-state index contributed by atoms with van der Waals surface area (Å²) < 4.78 is 10.1. The van der Waals surface area contributed by atoms with Gasteiger partial charge in [-0.1, -0.05) is 11.2 Å². The zero-order valence-corrected chi connectivity index (χ0v) is 13.8. The number of amides is 1. The molecule has 0 spiro atoms. The third-order valence-corrected chi connectivity index (χ3v) is 4.12. The van der Waals surface area contributed by atoms with Crippen molar-refractivity contribution in [2.75, 3.05) is 5.32 Å². The summed E-state index contributed by atoms with van der Waals surface area (Å²) in [6.07, 6.45) is 3.45. The molecule has 0 saturated carbocycles. The number of nitrogens with zero attached hydrogens (tertiary/aromatic N) is 1. The van der Waals surface area contributed by atoms with Gasteiger partial charge in [0.2, 0.25) is 0 Å². The summed E-state index contributed by atoms with van der Waals surface area (Å²) in [5, 5.41) is 6.22. The van der Waals surface area contributed by atoms with Crippen LogP contribution in [0, 0.1) is 6.92 Å². The number of aromatic nitrogens is 1. The molecular weight excluding hydrogens is 308 g/mol. The Morgan fingerprint density at radius 1 is 1.21 bits per heavy atom. The Balaban J connectivity index is 1.62. The Morgan fingerprint density at radius 3 is 2.67 bits per heavy atom. The molecule has 126 valence electrons. The molecule has 1 amide bonds. The van der Waals surface area contributed by atoms with Crippen LogP contribution in [0.15, 0.2) is 28.8 Å². The minimum absolute atomic E-state index is 0.300. The fraction of sp³-hybridized carbons (Fsp3) is 0.389. The lowest BCUT2D eigenvalue weighted by molar-refractivity contribution is -0.123. The van der Waals surface area contributed by atoms with E-state index in [1.54, 1.807) is 19.1 Å². The summed E-state index contributed by atoms with van der Waals surface area (Å²) in [5.41, 5.74) is 2.98. The number of nitrogens with one attached hydrogen (secondary N) is 1. The Hall–Kier alpha value is -2.63. The number of anilines is 1. The van der Waals surface area contributed by atoms with Crippen LogP contribution in [-0.4, -0.2) is 23.1 Å². The summed E-state index contributed by atoms with van der Waals surface area (Å²) in [4.78, 5) is 24.3. The highest BCUT2D eigenvalue weighted by molar-refractivity contribution is 5.96. The topological polar surface area (TPSA) is 81.4 Å². The van der Waals surface area contributed by atoms with Crippen molar-refractivity contribution in [1.29, 1.82) is 0 Å². The van der Waals surface area contributed by atoms with Crippen LogP contribution in [0.4, 0.5) is 5.82 Å². The highest BCUT2D eigenvalue weighted by atomic mass is 16.5. The van der Waals surface area contributed by atoms with Gasteiger partial charge in [-0.15, -0.1) is 0 Å². The summed E-state index contributed by atoms with van der Waals surface area (Å²) >= 11 is 0. The van der Waals surface area contributed by atoms with E-state index < -0.39 is 18.0 Å². The molecule has 0 radical (unpaired) electrons. The van der Waals surface area contributed by atoms with Gasteiger partial charge < -0.3 is 14.6 Å². The van der Waals surface area contributed by atoms with E-state index in [1.165, 1.54) is 24.5 Å². The Kier molecular flexibility index (Phi) is 4.64. The van der Waals surface area contributed by atoms with Crippen LogP contribution in [0.5, 0.6) is 0 Å². The molecule has 2 aromatic rings. The molecule has 0 fully saturated rings. The minimum atomic E-state index is -0.925. The number of ether oxygens (including phenoxy) is 1. The van der Waals surface area contributed by atoms with Gasteiger partial charge in [-0.25, -0.2) is 4.79 Å². The van der Waals surface area contributed by atoms with Gasteiger partial charge in [-0.3, -0.25) is 4.79 Å². The van der Waals surface area contributed by atoms with Crippen molar-refractivity contribution >= 4 is 17.7 Å². The maximum atomic E-state index is 12.3. The van der Waals surface area contributed by atoms with Gasteiger partial charge >= 0.3 is 5.97 Å². The predicted octanol–water partition coefficient (Wildman–Crippen LogP) is 3.05. The lowest BCUT2D eigenvalue weighted by Gasteiger charge is -2.17. The monoisotopic (exact) mass is 328 g/mol. The van der Waals surface area contributed by atoms with Crippen molar-refractivity contribution in [2.45, 2.75) is 45.6 Å². The van der Waals surface area contributed by atoms with E-state index in [4.69, 9.17) is 9.26 Å². The van der Waals surface area contributed by atoms with Crippen LogP contribution in [-0.2, 0) is 22.4 Å². The van der Waals surface area contributed by atoms with E-state index in [9.17, 15) is 9.59 Å². The lowest BCUT2D eigenvalue weighted by Crippen LogP contribution is -2.30. The lowest BCUT2D eigenvalue weighted by atomic mass is 9.90. The number of fused-ring (bicyclic) bond motifs is 1. The molecule has 1 aromatic carbocycles. The summed E-state index contributed by atoms with van der Waals surface area (Å²) in [5.74, 6) is -0.0600. The molecule has 6 nitrogen and oxygen atoms in total. The molecule has 0 unspecified atom stereocenters. The zero-order valence-electron chi connectivity index (χ0n) is 13.8. The van der Waals surface area contributed by atoms with Crippen molar-refractivity contribution in [1.82, 2.24) is 5.16 Å². The second-order valence-corrected chi connectivity index (χ2v) is 6.05. The number of rotatable bonds is 4. The molecule has 1 aliphatic rings. The fourth-order valence-electron chi connectivity index (χ4n) is 2.80. The molecule has 3 rings (SSSR count). The number of carbonyl (C=O) groups excluding carboxylic acids is 2. The predicted molar refractivity (Wildman–Crippen MR) is 87.8 cm³/mol. The van der Waals surface area contributed by atoms with E-state index in [0.29, 0.717) is 17.1 Å². The molecule has 0 saturated heterocycles. The highest BCUT2D eigenvalue weighted by Crippen LogP contribution is 2.22. The average Bonchev–Trinajstić information content (AvgIpc) is 2.99. The third kappa shape index (κ3) is 3.64. The van der Waals surface area contributed by atoms with E-state index in [2.05, 4.69) is 10.5 Å². The molecule has 0 bridgehead atoms. The second-order valence-electron chi connectivity index (χ2n) is 6.05. The van der Waals surface area contributed by atoms with E-state index in [-0.39, 0.29) is 0 Å². The van der Waals surface area contributed by atoms with Gasteiger partial charge in [-0.2, -0.15) is 0 Å². The maximum Gasteiger partial charge on any atom is 0.338 e. The first kappa shape index (κ1) is 16.2.